The Morgan fingerprint density at radius 1 is 1.38 bits per heavy atom. The SMILES string of the molecule is CC(C)C(CNC(=O)c1ccc(CSC(F)F)o1)C(=O)O. The molecule has 1 amide bonds. The van der Waals surface area contributed by atoms with Gasteiger partial charge in [0.25, 0.3) is 11.7 Å². The Morgan fingerprint density at radius 2 is 2.05 bits per heavy atom. The molecular weight excluding hydrogens is 304 g/mol. The Bertz CT molecular complexity index is 490. The molecule has 8 heteroatoms. The minimum Gasteiger partial charge on any atom is -0.481 e. The van der Waals surface area contributed by atoms with E-state index in [1.165, 1.54) is 12.1 Å². The highest BCUT2D eigenvalue weighted by Gasteiger charge is 2.23. The molecule has 0 aliphatic carbocycles. The number of hydrogen-bond acceptors (Lipinski definition) is 4. The first kappa shape index (κ1) is 17.5. The summed E-state index contributed by atoms with van der Waals surface area (Å²) in [5.74, 6) is -4.66. The fourth-order valence-corrected chi connectivity index (χ4v) is 2.07. The van der Waals surface area contributed by atoms with Crippen LogP contribution >= 0.6 is 11.8 Å². The third-order valence-electron chi connectivity index (χ3n) is 2.84. The zero-order valence-corrected chi connectivity index (χ0v) is 12.5. The van der Waals surface area contributed by atoms with E-state index in [9.17, 15) is 18.4 Å². The van der Waals surface area contributed by atoms with Gasteiger partial charge in [-0.1, -0.05) is 25.6 Å². The number of rotatable bonds is 8. The third-order valence-corrected chi connectivity index (χ3v) is 3.54. The lowest BCUT2D eigenvalue weighted by Crippen LogP contribution is -2.35. The standard InChI is InChI=1S/C13H17F2NO4S/c1-7(2)9(12(18)19)5-16-11(17)10-4-3-8(20-10)6-21-13(14)15/h3-4,7,9,13H,5-6H2,1-2H3,(H,16,17)(H,18,19). The quantitative estimate of drug-likeness (QED) is 0.769. The van der Waals surface area contributed by atoms with E-state index in [2.05, 4.69) is 5.32 Å². The highest BCUT2D eigenvalue weighted by Crippen LogP contribution is 2.21. The molecule has 1 atom stereocenters. The number of furan rings is 1. The van der Waals surface area contributed by atoms with Gasteiger partial charge in [0, 0.05) is 6.54 Å². The molecule has 0 aliphatic rings. The smallest absolute Gasteiger partial charge is 0.308 e. The van der Waals surface area contributed by atoms with E-state index in [1.807, 2.05) is 0 Å². The maximum atomic E-state index is 12.0. The van der Waals surface area contributed by atoms with Gasteiger partial charge in [-0.2, -0.15) is 8.78 Å². The second-order valence-electron chi connectivity index (χ2n) is 4.74. The van der Waals surface area contributed by atoms with Crippen molar-refractivity contribution in [2.75, 3.05) is 6.54 Å². The van der Waals surface area contributed by atoms with Crippen molar-refractivity contribution in [3.63, 3.8) is 0 Å². The lowest BCUT2D eigenvalue weighted by molar-refractivity contribution is -0.142. The van der Waals surface area contributed by atoms with E-state index in [4.69, 9.17) is 9.52 Å². The molecule has 0 bridgehead atoms. The van der Waals surface area contributed by atoms with Crippen LogP contribution in [0.4, 0.5) is 8.78 Å². The predicted molar refractivity (Wildman–Crippen MR) is 74.3 cm³/mol. The summed E-state index contributed by atoms with van der Waals surface area (Å²) in [6.07, 6.45) is 0. The Hall–Kier alpha value is -1.57. The van der Waals surface area contributed by atoms with Crippen molar-refractivity contribution in [2.24, 2.45) is 11.8 Å². The molecule has 0 saturated carbocycles. The van der Waals surface area contributed by atoms with Crippen LogP contribution in [0, 0.1) is 11.8 Å². The minimum absolute atomic E-state index is 0.0202. The van der Waals surface area contributed by atoms with Crippen molar-refractivity contribution in [2.45, 2.75) is 25.4 Å². The van der Waals surface area contributed by atoms with Crippen molar-refractivity contribution in [1.29, 1.82) is 0 Å². The Labute approximate surface area is 125 Å². The molecule has 1 unspecified atom stereocenters. The molecule has 1 heterocycles. The highest BCUT2D eigenvalue weighted by atomic mass is 32.2. The molecule has 21 heavy (non-hydrogen) atoms. The first-order valence-electron chi connectivity index (χ1n) is 6.30. The van der Waals surface area contributed by atoms with E-state index >= 15 is 0 Å². The summed E-state index contributed by atoms with van der Waals surface area (Å²) in [4.78, 5) is 22.8. The topological polar surface area (TPSA) is 79.5 Å². The number of nitrogens with one attached hydrogen (secondary N) is 1. The summed E-state index contributed by atoms with van der Waals surface area (Å²) in [5, 5.41) is 11.5. The molecule has 1 aromatic rings. The maximum absolute atomic E-state index is 12.0. The number of aliphatic carboxylic acids is 1. The summed E-state index contributed by atoms with van der Waals surface area (Å²) in [6, 6.07) is 2.82. The lowest BCUT2D eigenvalue weighted by Gasteiger charge is -2.16. The van der Waals surface area contributed by atoms with Gasteiger partial charge >= 0.3 is 5.97 Å². The largest absolute Gasteiger partial charge is 0.481 e. The monoisotopic (exact) mass is 321 g/mol. The molecule has 0 fully saturated rings. The normalized spacial score (nSPS) is 12.7. The number of carbonyl (C=O) groups is 2. The summed E-state index contributed by atoms with van der Waals surface area (Å²) in [5.41, 5.74) is 0. The van der Waals surface area contributed by atoms with E-state index < -0.39 is 23.6 Å². The molecule has 1 aromatic heterocycles. The van der Waals surface area contributed by atoms with Gasteiger partial charge in [0.05, 0.1) is 11.7 Å². The van der Waals surface area contributed by atoms with Gasteiger partial charge in [-0.15, -0.1) is 0 Å². The van der Waals surface area contributed by atoms with Crippen LogP contribution in [0.15, 0.2) is 16.5 Å². The number of hydrogen-bond donors (Lipinski definition) is 2. The molecule has 0 aliphatic heterocycles. The van der Waals surface area contributed by atoms with Gasteiger partial charge in [0.15, 0.2) is 5.76 Å². The number of carboxylic acid groups (broad SMARTS) is 1. The van der Waals surface area contributed by atoms with Crippen LogP contribution in [0.25, 0.3) is 0 Å². The number of carboxylic acids is 1. The van der Waals surface area contributed by atoms with Crippen molar-refractivity contribution < 1.29 is 27.9 Å². The molecule has 118 valence electrons. The van der Waals surface area contributed by atoms with Gasteiger partial charge in [-0.3, -0.25) is 9.59 Å². The van der Waals surface area contributed by atoms with Crippen LogP contribution in [-0.2, 0) is 10.5 Å². The highest BCUT2D eigenvalue weighted by molar-refractivity contribution is 7.98. The minimum atomic E-state index is -2.50. The van der Waals surface area contributed by atoms with Gasteiger partial charge < -0.3 is 14.8 Å². The molecule has 0 saturated heterocycles. The van der Waals surface area contributed by atoms with E-state index in [-0.39, 0.29) is 29.7 Å². The van der Waals surface area contributed by atoms with E-state index in [0.717, 1.165) is 0 Å². The zero-order chi connectivity index (χ0) is 16.0. The van der Waals surface area contributed by atoms with Gasteiger partial charge in [-0.05, 0) is 18.1 Å². The van der Waals surface area contributed by atoms with Crippen molar-refractivity contribution in [3.05, 3.63) is 23.7 Å². The van der Waals surface area contributed by atoms with Crippen LogP contribution in [0.2, 0.25) is 0 Å². The van der Waals surface area contributed by atoms with Crippen LogP contribution in [-0.4, -0.2) is 29.3 Å². The number of amides is 1. The van der Waals surface area contributed by atoms with Crippen LogP contribution in [0.3, 0.4) is 0 Å². The van der Waals surface area contributed by atoms with Gasteiger partial charge in [-0.25, -0.2) is 0 Å². The number of carbonyl (C=O) groups excluding carboxylic acids is 1. The molecule has 0 spiro atoms. The number of halogens is 2. The molecule has 0 aromatic carbocycles. The van der Waals surface area contributed by atoms with Crippen molar-refractivity contribution in [1.82, 2.24) is 5.32 Å². The van der Waals surface area contributed by atoms with Gasteiger partial charge in [0.1, 0.15) is 5.76 Å². The van der Waals surface area contributed by atoms with Crippen LogP contribution in [0.1, 0.15) is 30.2 Å². The van der Waals surface area contributed by atoms with Crippen molar-refractivity contribution >= 4 is 23.6 Å². The third kappa shape index (κ3) is 5.74. The fraction of sp³-hybridized carbons (Fsp3) is 0.538. The maximum Gasteiger partial charge on any atom is 0.308 e. The summed E-state index contributed by atoms with van der Waals surface area (Å²) < 4.78 is 29.2. The average molecular weight is 321 g/mol. The number of thioether (sulfide) groups is 1. The Kier molecular flexibility index (Phi) is 6.67. The Morgan fingerprint density at radius 3 is 2.57 bits per heavy atom. The average Bonchev–Trinajstić information content (AvgIpc) is 2.84. The van der Waals surface area contributed by atoms with E-state index in [0.29, 0.717) is 11.8 Å². The van der Waals surface area contributed by atoms with E-state index in [1.54, 1.807) is 13.8 Å². The molecule has 1 rings (SSSR count). The molecule has 5 nitrogen and oxygen atoms in total. The van der Waals surface area contributed by atoms with Crippen LogP contribution < -0.4 is 5.32 Å². The molecule has 0 radical (unpaired) electrons. The summed E-state index contributed by atoms with van der Waals surface area (Å²) >= 11 is 0.399. The molecular formula is C13H17F2NO4S. The second kappa shape index (κ2) is 8.02. The first-order valence-corrected chi connectivity index (χ1v) is 7.35. The molecule has 2 N–H and O–H groups in total. The zero-order valence-electron chi connectivity index (χ0n) is 11.6. The second-order valence-corrected chi connectivity index (χ2v) is 5.71. The first-order chi connectivity index (χ1) is 9.81. The van der Waals surface area contributed by atoms with Gasteiger partial charge in [0.2, 0.25) is 0 Å². The summed E-state index contributed by atoms with van der Waals surface area (Å²) in [7, 11) is 0. The predicted octanol–water partition coefficient (Wildman–Crippen LogP) is 2.82. The lowest BCUT2D eigenvalue weighted by atomic mass is 9.96. The number of alkyl halides is 2. The summed E-state index contributed by atoms with van der Waals surface area (Å²) in [6.45, 7) is 3.47. The Balaban J connectivity index is 2.54. The van der Waals surface area contributed by atoms with Crippen LogP contribution in [0.5, 0.6) is 0 Å². The fourth-order valence-electron chi connectivity index (χ4n) is 1.62. The van der Waals surface area contributed by atoms with Crippen molar-refractivity contribution in [3.8, 4) is 0 Å².